The summed E-state index contributed by atoms with van der Waals surface area (Å²) in [4.78, 5) is 0. The maximum atomic E-state index is 3.15. The predicted octanol–water partition coefficient (Wildman–Crippen LogP) is 0.202. The molecule has 0 bridgehead atoms. The van der Waals surface area contributed by atoms with Crippen molar-refractivity contribution in [2.45, 2.75) is 25.9 Å². The van der Waals surface area contributed by atoms with Crippen LogP contribution in [0.1, 0.15) is 13.8 Å². The average Bonchev–Trinajstić information content (AvgIpc) is 1.84. The first-order valence-electron chi connectivity index (χ1n) is 3.07. The molecule has 2 N–H and O–H groups in total. The Labute approximate surface area is 51.7 Å². The molecule has 0 saturated heterocycles. The minimum absolute atomic E-state index is 0.556. The van der Waals surface area contributed by atoms with Gasteiger partial charge < -0.3 is 10.6 Å². The van der Waals surface area contributed by atoms with Crippen LogP contribution in [0.2, 0.25) is 0 Å². The first-order valence-corrected chi connectivity index (χ1v) is 3.07. The van der Waals surface area contributed by atoms with Crippen molar-refractivity contribution in [1.82, 2.24) is 10.6 Å². The summed E-state index contributed by atoms with van der Waals surface area (Å²) in [6.07, 6.45) is 0. The van der Waals surface area contributed by atoms with E-state index in [1.807, 2.05) is 14.1 Å². The van der Waals surface area contributed by atoms with E-state index in [1.165, 1.54) is 0 Å². The number of hydrogen-bond acceptors (Lipinski definition) is 2. The lowest BCUT2D eigenvalue weighted by Gasteiger charge is -2.17. The van der Waals surface area contributed by atoms with Crippen LogP contribution in [0.5, 0.6) is 0 Å². The van der Waals surface area contributed by atoms with Gasteiger partial charge in [-0.1, -0.05) is 0 Å². The van der Waals surface area contributed by atoms with Gasteiger partial charge in [0.2, 0.25) is 0 Å². The molecule has 0 spiro atoms. The molecule has 2 atom stereocenters. The standard InChI is InChI=1S/C6H16N2/c1-5(7-3)6(2)8-4/h5-8H,1-4H3/t5-,6?/m1/s1. The van der Waals surface area contributed by atoms with Gasteiger partial charge in [-0.25, -0.2) is 0 Å². The van der Waals surface area contributed by atoms with Crippen LogP contribution in [-0.2, 0) is 0 Å². The van der Waals surface area contributed by atoms with Crippen LogP contribution in [0.15, 0.2) is 0 Å². The zero-order valence-electron chi connectivity index (χ0n) is 6.15. The third-order valence-corrected chi connectivity index (χ3v) is 1.66. The summed E-state index contributed by atoms with van der Waals surface area (Å²) in [5, 5.41) is 6.31. The zero-order valence-corrected chi connectivity index (χ0v) is 6.15. The Morgan fingerprint density at radius 2 is 1.12 bits per heavy atom. The molecule has 0 aromatic carbocycles. The molecule has 8 heavy (non-hydrogen) atoms. The fourth-order valence-corrected chi connectivity index (χ4v) is 0.500. The van der Waals surface area contributed by atoms with Crippen molar-refractivity contribution in [3.63, 3.8) is 0 Å². The van der Waals surface area contributed by atoms with E-state index in [0.29, 0.717) is 12.1 Å². The van der Waals surface area contributed by atoms with E-state index < -0.39 is 0 Å². The van der Waals surface area contributed by atoms with Crippen LogP contribution in [0.4, 0.5) is 0 Å². The van der Waals surface area contributed by atoms with E-state index in [-0.39, 0.29) is 0 Å². The van der Waals surface area contributed by atoms with E-state index >= 15 is 0 Å². The lowest BCUT2D eigenvalue weighted by atomic mass is 10.2. The van der Waals surface area contributed by atoms with E-state index in [1.54, 1.807) is 0 Å². The highest BCUT2D eigenvalue weighted by Gasteiger charge is 2.04. The van der Waals surface area contributed by atoms with Gasteiger partial charge in [0.05, 0.1) is 0 Å². The van der Waals surface area contributed by atoms with Crippen LogP contribution in [0.25, 0.3) is 0 Å². The molecule has 0 fully saturated rings. The second-order valence-corrected chi connectivity index (χ2v) is 2.15. The highest BCUT2D eigenvalue weighted by atomic mass is 15.0. The molecular weight excluding hydrogens is 100 g/mol. The van der Waals surface area contributed by atoms with Crippen molar-refractivity contribution in [1.29, 1.82) is 0 Å². The Bertz CT molecular complexity index is 46.5. The molecule has 0 radical (unpaired) electrons. The van der Waals surface area contributed by atoms with Gasteiger partial charge in [0.1, 0.15) is 0 Å². The molecule has 0 aromatic heterocycles. The van der Waals surface area contributed by atoms with Crippen LogP contribution >= 0.6 is 0 Å². The Morgan fingerprint density at radius 3 is 1.25 bits per heavy atom. The summed E-state index contributed by atoms with van der Waals surface area (Å²) in [6.45, 7) is 4.31. The summed E-state index contributed by atoms with van der Waals surface area (Å²) in [7, 11) is 3.94. The fraction of sp³-hybridized carbons (Fsp3) is 1.00. The van der Waals surface area contributed by atoms with Crippen LogP contribution in [0, 0.1) is 0 Å². The van der Waals surface area contributed by atoms with Gasteiger partial charge in [-0.3, -0.25) is 0 Å². The first kappa shape index (κ1) is 7.92. The van der Waals surface area contributed by atoms with Gasteiger partial charge in [0.25, 0.3) is 0 Å². The Morgan fingerprint density at radius 1 is 0.875 bits per heavy atom. The highest BCUT2D eigenvalue weighted by molar-refractivity contribution is 4.69. The first-order chi connectivity index (χ1) is 3.72. The van der Waals surface area contributed by atoms with Crippen molar-refractivity contribution in [3.05, 3.63) is 0 Å². The second kappa shape index (κ2) is 3.87. The summed E-state index contributed by atoms with van der Waals surface area (Å²) >= 11 is 0. The van der Waals surface area contributed by atoms with Crippen molar-refractivity contribution < 1.29 is 0 Å². The summed E-state index contributed by atoms with van der Waals surface area (Å²) in [5.74, 6) is 0. The number of likely N-dealkylation sites (N-methyl/N-ethyl adjacent to an activating group) is 2. The zero-order chi connectivity index (χ0) is 6.57. The minimum atomic E-state index is 0.556. The largest absolute Gasteiger partial charge is 0.316 e. The molecule has 0 saturated carbocycles. The van der Waals surface area contributed by atoms with Crippen molar-refractivity contribution in [2.75, 3.05) is 14.1 Å². The van der Waals surface area contributed by atoms with Gasteiger partial charge in [-0.15, -0.1) is 0 Å². The van der Waals surface area contributed by atoms with Gasteiger partial charge >= 0.3 is 0 Å². The number of nitrogens with one attached hydrogen (secondary N) is 2. The molecule has 1 unspecified atom stereocenters. The van der Waals surface area contributed by atoms with Crippen LogP contribution in [-0.4, -0.2) is 26.2 Å². The van der Waals surface area contributed by atoms with Crippen LogP contribution < -0.4 is 10.6 Å². The maximum Gasteiger partial charge on any atom is 0.0187 e. The molecule has 0 aliphatic rings. The molecule has 0 amide bonds. The van der Waals surface area contributed by atoms with Crippen molar-refractivity contribution in [2.24, 2.45) is 0 Å². The summed E-state index contributed by atoms with van der Waals surface area (Å²) in [5.41, 5.74) is 0. The molecule has 0 heterocycles. The Hall–Kier alpha value is -0.0800. The van der Waals surface area contributed by atoms with E-state index in [9.17, 15) is 0 Å². The third-order valence-electron chi connectivity index (χ3n) is 1.66. The van der Waals surface area contributed by atoms with Gasteiger partial charge in [0, 0.05) is 12.1 Å². The normalized spacial score (nSPS) is 18.0. The monoisotopic (exact) mass is 116 g/mol. The number of rotatable bonds is 3. The summed E-state index contributed by atoms with van der Waals surface area (Å²) < 4.78 is 0. The maximum absolute atomic E-state index is 3.15. The molecule has 2 heteroatoms. The lowest BCUT2D eigenvalue weighted by molar-refractivity contribution is 0.460. The molecule has 2 nitrogen and oxygen atoms in total. The molecule has 50 valence electrons. The predicted molar refractivity (Wildman–Crippen MR) is 37.0 cm³/mol. The van der Waals surface area contributed by atoms with Gasteiger partial charge in [0.15, 0.2) is 0 Å². The minimum Gasteiger partial charge on any atom is -0.316 e. The third kappa shape index (κ3) is 2.28. The molecule has 0 aliphatic heterocycles. The van der Waals surface area contributed by atoms with E-state index in [2.05, 4.69) is 24.5 Å². The van der Waals surface area contributed by atoms with Gasteiger partial charge in [-0.2, -0.15) is 0 Å². The lowest BCUT2D eigenvalue weighted by Crippen LogP contribution is -2.40. The fourth-order valence-electron chi connectivity index (χ4n) is 0.500. The number of hydrogen-bond donors (Lipinski definition) is 2. The Kier molecular flexibility index (Phi) is 3.83. The highest BCUT2D eigenvalue weighted by Crippen LogP contribution is 1.86. The Balaban J connectivity index is 3.29. The quantitative estimate of drug-likeness (QED) is 0.550. The topological polar surface area (TPSA) is 24.1 Å². The molecule has 0 aromatic rings. The molecule has 0 aliphatic carbocycles. The van der Waals surface area contributed by atoms with Crippen molar-refractivity contribution in [3.8, 4) is 0 Å². The second-order valence-electron chi connectivity index (χ2n) is 2.15. The smallest absolute Gasteiger partial charge is 0.0187 e. The average molecular weight is 116 g/mol. The van der Waals surface area contributed by atoms with Crippen molar-refractivity contribution >= 4 is 0 Å². The van der Waals surface area contributed by atoms with Gasteiger partial charge in [-0.05, 0) is 27.9 Å². The summed E-state index contributed by atoms with van der Waals surface area (Å²) in [6, 6.07) is 1.11. The van der Waals surface area contributed by atoms with E-state index in [4.69, 9.17) is 0 Å². The molecule has 0 rings (SSSR count). The van der Waals surface area contributed by atoms with E-state index in [0.717, 1.165) is 0 Å². The van der Waals surface area contributed by atoms with Crippen LogP contribution in [0.3, 0.4) is 0 Å². The molecular formula is C6H16N2. The SMILES string of the molecule is CNC(C)[C@@H](C)NC.